The molecule has 2 amide bonds. The predicted molar refractivity (Wildman–Crippen MR) is 174 cm³/mol. The van der Waals surface area contributed by atoms with Crippen LogP contribution in [0, 0.1) is 5.92 Å². The van der Waals surface area contributed by atoms with Gasteiger partial charge in [-0.1, -0.05) is 60.7 Å². The van der Waals surface area contributed by atoms with Crippen LogP contribution in [0.25, 0.3) is 17.2 Å². The smallest absolute Gasteiger partial charge is 0.412 e. The van der Waals surface area contributed by atoms with Gasteiger partial charge in [-0.05, 0) is 100 Å². The summed E-state index contributed by atoms with van der Waals surface area (Å²) in [7, 11) is 0. The lowest BCUT2D eigenvalue weighted by atomic mass is 9.82. The molecule has 1 atom stereocenters. The zero-order valence-corrected chi connectivity index (χ0v) is 25.9. The predicted octanol–water partition coefficient (Wildman–Crippen LogP) is 7.09. The molecular weight excluding hydrogens is 554 g/mol. The van der Waals surface area contributed by atoms with Crippen LogP contribution in [-0.2, 0) is 11.2 Å². The van der Waals surface area contributed by atoms with Crippen LogP contribution >= 0.6 is 0 Å². The zero-order valence-electron chi connectivity index (χ0n) is 25.9. The fraction of sp³-hybridized carbons (Fsp3) is 0.389. The lowest BCUT2D eigenvalue weighted by molar-refractivity contribution is 0.0528. The van der Waals surface area contributed by atoms with Crippen molar-refractivity contribution in [1.29, 1.82) is 0 Å². The van der Waals surface area contributed by atoms with Gasteiger partial charge in [-0.15, -0.1) is 0 Å². The minimum Gasteiger partial charge on any atom is -0.490 e. The SMILES string of the molecule is CC(C)(C)OC(=O)NCCc1cccc(OC/C=C/c2ccc(-c3ccccc3)c(N(C(=O)O)[C@H]3CN4CCC3CC4)c2)c1. The average molecular weight is 598 g/mol. The third-order valence-electron chi connectivity index (χ3n) is 8.16. The molecule has 3 aromatic carbocycles. The monoisotopic (exact) mass is 597 g/mol. The topological polar surface area (TPSA) is 91.3 Å². The van der Waals surface area contributed by atoms with E-state index in [9.17, 15) is 14.7 Å². The van der Waals surface area contributed by atoms with E-state index in [1.807, 2.05) is 106 Å². The second-order valence-electron chi connectivity index (χ2n) is 12.5. The maximum Gasteiger partial charge on any atom is 0.412 e. The number of nitrogens with one attached hydrogen (secondary N) is 1. The number of fused-ring (bicyclic) bond motifs is 3. The standard InChI is InChI=1S/C36H43N3O5/c1-36(2,3)44-34(40)37-19-16-27-9-7-13-30(23-27)43-22-8-10-26-14-15-31(28-11-5-4-6-12-28)32(24-26)39(35(41)42)33-25-38-20-17-29(33)18-21-38/h4-15,23-24,29,33H,16-22,25H2,1-3H3,(H,37,40)(H,41,42)/b10-8+/t33-/m0/s1. The Balaban J connectivity index is 1.26. The number of carboxylic acid groups (broad SMARTS) is 1. The lowest BCUT2D eigenvalue weighted by Crippen LogP contribution is -2.59. The van der Waals surface area contributed by atoms with E-state index in [-0.39, 0.29) is 6.04 Å². The van der Waals surface area contributed by atoms with E-state index in [0.717, 1.165) is 66.2 Å². The second kappa shape index (κ2) is 14.0. The molecule has 2 bridgehead atoms. The van der Waals surface area contributed by atoms with Gasteiger partial charge in [0, 0.05) is 18.7 Å². The number of benzene rings is 3. The summed E-state index contributed by atoms with van der Waals surface area (Å²) in [6.45, 7) is 9.21. The minimum atomic E-state index is -0.911. The van der Waals surface area contributed by atoms with Gasteiger partial charge in [-0.2, -0.15) is 0 Å². The molecule has 0 saturated carbocycles. The van der Waals surface area contributed by atoms with E-state index >= 15 is 0 Å². The van der Waals surface area contributed by atoms with E-state index in [0.29, 0.717) is 25.5 Å². The molecule has 3 aliphatic heterocycles. The van der Waals surface area contributed by atoms with Crippen molar-refractivity contribution in [2.45, 2.75) is 51.7 Å². The van der Waals surface area contributed by atoms with Crippen LogP contribution in [0.3, 0.4) is 0 Å². The molecule has 0 aromatic heterocycles. The van der Waals surface area contributed by atoms with Crippen LogP contribution in [0.5, 0.6) is 5.75 Å². The van der Waals surface area contributed by atoms with E-state index in [4.69, 9.17) is 9.47 Å². The van der Waals surface area contributed by atoms with Gasteiger partial charge in [-0.3, -0.25) is 4.90 Å². The van der Waals surface area contributed by atoms with E-state index in [1.165, 1.54) is 0 Å². The summed E-state index contributed by atoms with van der Waals surface area (Å²) < 4.78 is 11.3. The average Bonchev–Trinajstić information content (AvgIpc) is 3.00. The first kappa shape index (κ1) is 31.1. The van der Waals surface area contributed by atoms with Gasteiger partial charge >= 0.3 is 12.2 Å². The number of carbonyl (C=O) groups excluding carboxylic acids is 1. The first-order chi connectivity index (χ1) is 21.2. The van der Waals surface area contributed by atoms with Crippen molar-refractivity contribution in [3.05, 3.63) is 90.0 Å². The van der Waals surface area contributed by atoms with Crippen molar-refractivity contribution in [3.63, 3.8) is 0 Å². The molecule has 3 saturated heterocycles. The molecule has 3 heterocycles. The Hall–Kier alpha value is -4.30. The summed E-state index contributed by atoms with van der Waals surface area (Å²) in [6.07, 6.45) is 5.31. The fourth-order valence-electron chi connectivity index (χ4n) is 6.11. The molecule has 232 valence electrons. The van der Waals surface area contributed by atoms with Gasteiger partial charge in [0.15, 0.2) is 0 Å². The van der Waals surface area contributed by atoms with Gasteiger partial charge in [0.1, 0.15) is 18.0 Å². The molecule has 0 aliphatic carbocycles. The highest BCUT2D eigenvalue weighted by atomic mass is 16.6. The van der Waals surface area contributed by atoms with Gasteiger partial charge < -0.3 is 24.8 Å². The Bertz CT molecular complexity index is 1460. The zero-order chi connectivity index (χ0) is 31.1. The van der Waals surface area contributed by atoms with E-state index in [2.05, 4.69) is 10.2 Å². The molecular formula is C36H43N3O5. The highest BCUT2D eigenvalue weighted by molar-refractivity contribution is 5.94. The lowest BCUT2D eigenvalue weighted by Gasteiger charge is -2.48. The largest absolute Gasteiger partial charge is 0.490 e. The molecule has 3 fully saturated rings. The number of carbonyl (C=O) groups is 2. The van der Waals surface area contributed by atoms with Crippen molar-refractivity contribution in [3.8, 4) is 16.9 Å². The van der Waals surface area contributed by atoms with Gasteiger partial charge in [0.2, 0.25) is 0 Å². The van der Waals surface area contributed by atoms with Crippen LogP contribution in [0.4, 0.5) is 15.3 Å². The van der Waals surface area contributed by atoms with Crippen LogP contribution in [-0.4, -0.2) is 66.6 Å². The van der Waals surface area contributed by atoms with Crippen molar-refractivity contribution in [2.75, 3.05) is 37.7 Å². The summed E-state index contributed by atoms with van der Waals surface area (Å²) in [5.74, 6) is 1.11. The quantitative estimate of drug-likeness (QED) is 0.259. The molecule has 0 unspecified atom stereocenters. The maximum atomic E-state index is 12.8. The second-order valence-corrected chi connectivity index (χ2v) is 12.5. The molecule has 2 N–H and O–H groups in total. The van der Waals surface area contributed by atoms with Gasteiger partial charge in [0.05, 0.1) is 11.7 Å². The first-order valence-corrected chi connectivity index (χ1v) is 15.5. The Morgan fingerprint density at radius 3 is 2.48 bits per heavy atom. The van der Waals surface area contributed by atoms with E-state index < -0.39 is 17.8 Å². The molecule has 6 rings (SSSR count). The number of ether oxygens (including phenoxy) is 2. The van der Waals surface area contributed by atoms with Crippen LogP contribution < -0.4 is 15.0 Å². The fourth-order valence-corrected chi connectivity index (χ4v) is 6.11. The molecule has 8 heteroatoms. The van der Waals surface area contributed by atoms with Crippen molar-refractivity contribution >= 4 is 23.9 Å². The minimum absolute atomic E-state index is 0.0633. The van der Waals surface area contributed by atoms with Crippen molar-refractivity contribution < 1.29 is 24.2 Å². The van der Waals surface area contributed by atoms with Crippen LogP contribution in [0.2, 0.25) is 0 Å². The molecule has 0 spiro atoms. The number of hydrogen-bond donors (Lipinski definition) is 2. The number of alkyl carbamates (subject to hydrolysis) is 1. The van der Waals surface area contributed by atoms with E-state index in [1.54, 1.807) is 4.90 Å². The third kappa shape index (κ3) is 8.20. The molecule has 0 radical (unpaired) electrons. The number of hydrogen-bond acceptors (Lipinski definition) is 5. The number of nitrogens with zero attached hydrogens (tertiary/aromatic N) is 2. The number of piperidine rings is 3. The molecule has 3 aliphatic rings. The molecule has 44 heavy (non-hydrogen) atoms. The maximum absolute atomic E-state index is 12.8. The van der Waals surface area contributed by atoms with Crippen molar-refractivity contribution in [2.24, 2.45) is 5.92 Å². The normalized spacial score (nSPS) is 19.5. The summed E-state index contributed by atoms with van der Waals surface area (Å²) in [5, 5.41) is 13.3. The van der Waals surface area contributed by atoms with Crippen molar-refractivity contribution in [1.82, 2.24) is 10.2 Å². The third-order valence-corrected chi connectivity index (χ3v) is 8.16. The van der Waals surface area contributed by atoms with Crippen LogP contribution in [0.15, 0.2) is 78.9 Å². The Kier molecular flexibility index (Phi) is 9.90. The first-order valence-electron chi connectivity index (χ1n) is 15.5. The number of anilines is 1. The number of amides is 2. The number of rotatable bonds is 10. The highest BCUT2D eigenvalue weighted by Gasteiger charge is 2.40. The Morgan fingerprint density at radius 1 is 1.02 bits per heavy atom. The summed E-state index contributed by atoms with van der Waals surface area (Å²) in [6, 6.07) is 23.8. The Morgan fingerprint density at radius 2 is 1.80 bits per heavy atom. The molecule has 8 nitrogen and oxygen atoms in total. The Labute approximate surface area is 260 Å². The van der Waals surface area contributed by atoms with Gasteiger partial charge in [0.25, 0.3) is 0 Å². The van der Waals surface area contributed by atoms with Gasteiger partial charge in [-0.25, -0.2) is 9.59 Å². The summed E-state index contributed by atoms with van der Waals surface area (Å²) in [4.78, 5) is 28.7. The van der Waals surface area contributed by atoms with Crippen LogP contribution in [0.1, 0.15) is 44.7 Å². The molecule has 3 aromatic rings. The summed E-state index contributed by atoms with van der Waals surface area (Å²) in [5.41, 5.74) is 4.06. The summed E-state index contributed by atoms with van der Waals surface area (Å²) >= 11 is 0. The highest BCUT2D eigenvalue weighted by Crippen LogP contribution is 2.39.